The first kappa shape index (κ1) is 15.5. The number of nitrogens with one attached hydrogen (secondary N) is 1. The lowest BCUT2D eigenvalue weighted by Gasteiger charge is -2.26. The molecule has 5 nitrogen and oxygen atoms in total. The van der Waals surface area contributed by atoms with E-state index in [1.165, 1.54) is 0 Å². The molecule has 0 bridgehead atoms. The van der Waals surface area contributed by atoms with Crippen LogP contribution in [0.15, 0.2) is 29.2 Å². The molecule has 1 aliphatic carbocycles. The lowest BCUT2D eigenvalue weighted by atomic mass is 9.85. The van der Waals surface area contributed by atoms with Gasteiger partial charge in [0.25, 0.3) is 0 Å². The van der Waals surface area contributed by atoms with Gasteiger partial charge in [-0.1, -0.05) is 18.9 Å². The molecule has 6 heteroatoms. The summed E-state index contributed by atoms with van der Waals surface area (Å²) in [5.41, 5.74) is 0.565. The molecule has 1 amide bonds. The molecule has 1 aromatic carbocycles. The van der Waals surface area contributed by atoms with Crippen LogP contribution in [0.2, 0.25) is 0 Å². The van der Waals surface area contributed by atoms with Gasteiger partial charge in [-0.15, -0.1) is 0 Å². The van der Waals surface area contributed by atoms with Crippen LogP contribution in [-0.2, 0) is 14.8 Å². The van der Waals surface area contributed by atoms with E-state index in [0.29, 0.717) is 18.8 Å². The molecule has 1 saturated carbocycles. The fourth-order valence-electron chi connectivity index (χ4n) is 2.90. The van der Waals surface area contributed by atoms with E-state index in [2.05, 4.69) is 5.32 Å². The Morgan fingerprint density at radius 1 is 1.09 bits per heavy atom. The number of carbonyl (C=O) groups is 1. The number of benzene rings is 1. The minimum absolute atomic E-state index is 0.00114. The van der Waals surface area contributed by atoms with Crippen LogP contribution in [-0.4, -0.2) is 31.7 Å². The van der Waals surface area contributed by atoms with Crippen molar-refractivity contribution < 1.29 is 13.2 Å². The van der Waals surface area contributed by atoms with Crippen molar-refractivity contribution in [1.29, 1.82) is 0 Å². The van der Waals surface area contributed by atoms with Crippen molar-refractivity contribution in [1.82, 2.24) is 4.31 Å². The van der Waals surface area contributed by atoms with Crippen molar-refractivity contribution in [2.45, 2.75) is 43.4 Å². The van der Waals surface area contributed by atoms with E-state index in [1.54, 1.807) is 28.6 Å². The lowest BCUT2D eigenvalue weighted by molar-refractivity contribution is -0.122. The van der Waals surface area contributed by atoms with Crippen molar-refractivity contribution >= 4 is 21.6 Å². The van der Waals surface area contributed by atoms with Crippen molar-refractivity contribution in [3.8, 4) is 0 Å². The number of hydrogen-bond acceptors (Lipinski definition) is 3. The fraction of sp³-hybridized carbons (Fsp3) is 0.562. The number of carbonyl (C=O) groups excluding carboxylic acids is 1. The Balaban J connectivity index is 1.76. The smallest absolute Gasteiger partial charge is 0.243 e. The molecule has 0 spiro atoms. The van der Waals surface area contributed by atoms with Gasteiger partial charge < -0.3 is 5.32 Å². The maximum absolute atomic E-state index is 12.6. The molecule has 1 aliphatic heterocycles. The second kappa shape index (κ2) is 6.38. The van der Waals surface area contributed by atoms with Crippen LogP contribution in [0.25, 0.3) is 0 Å². The molecule has 120 valence electrons. The Kier molecular flexibility index (Phi) is 4.49. The van der Waals surface area contributed by atoms with E-state index in [-0.39, 0.29) is 16.7 Å². The third kappa shape index (κ3) is 3.17. The summed E-state index contributed by atoms with van der Waals surface area (Å²) < 4.78 is 26.8. The van der Waals surface area contributed by atoms with E-state index < -0.39 is 10.0 Å². The van der Waals surface area contributed by atoms with Crippen LogP contribution >= 0.6 is 0 Å². The highest BCUT2D eigenvalue weighted by Gasteiger charge is 2.27. The number of rotatable bonds is 4. The van der Waals surface area contributed by atoms with Crippen LogP contribution in [0.5, 0.6) is 0 Å². The average molecular weight is 322 g/mol. The molecule has 3 rings (SSSR count). The first-order valence-corrected chi connectivity index (χ1v) is 9.42. The zero-order valence-corrected chi connectivity index (χ0v) is 13.4. The van der Waals surface area contributed by atoms with Gasteiger partial charge in [0.15, 0.2) is 0 Å². The van der Waals surface area contributed by atoms with Gasteiger partial charge in [-0.2, -0.15) is 4.31 Å². The molecule has 0 atom stereocenters. The first-order chi connectivity index (χ1) is 10.6. The van der Waals surface area contributed by atoms with Crippen molar-refractivity contribution in [2.75, 3.05) is 18.4 Å². The molecular formula is C16H22N2O3S. The van der Waals surface area contributed by atoms with E-state index in [0.717, 1.165) is 38.5 Å². The van der Waals surface area contributed by atoms with Gasteiger partial charge in [-0.05, 0) is 43.9 Å². The molecule has 1 saturated heterocycles. The average Bonchev–Trinajstić information content (AvgIpc) is 2.46. The Morgan fingerprint density at radius 2 is 1.82 bits per heavy atom. The Hall–Kier alpha value is -1.40. The maximum atomic E-state index is 12.6. The molecule has 22 heavy (non-hydrogen) atoms. The summed E-state index contributed by atoms with van der Waals surface area (Å²) in [6.45, 7) is 1.17. The summed E-state index contributed by atoms with van der Waals surface area (Å²) >= 11 is 0. The van der Waals surface area contributed by atoms with Crippen LogP contribution in [0.4, 0.5) is 5.69 Å². The van der Waals surface area contributed by atoms with Crippen molar-refractivity contribution in [3.63, 3.8) is 0 Å². The molecule has 0 unspecified atom stereocenters. The predicted molar refractivity (Wildman–Crippen MR) is 85.0 cm³/mol. The minimum atomic E-state index is -3.45. The van der Waals surface area contributed by atoms with Gasteiger partial charge in [0.05, 0.1) is 4.90 Å². The third-order valence-corrected chi connectivity index (χ3v) is 6.42. The topological polar surface area (TPSA) is 66.5 Å². The van der Waals surface area contributed by atoms with Crippen LogP contribution in [0.1, 0.15) is 38.5 Å². The maximum Gasteiger partial charge on any atom is 0.243 e. The quantitative estimate of drug-likeness (QED) is 0.926. The highest BCUT2D eigenvalue weighted by molar-refractivity contribution is 7.89. The van der Waals surface area contributed by atoms with Crippen LogP contribution < -0.4 is 5.32 Å². The number of piperidine rings is 1. The molecule has 1 N–H and O–H groups in total. The molecule has 0 radical (unpaired) electrons. The van der Waals surface area contributed by atoms with E-state index in [4.69, 9.17) is 0 Å². The predicted octanol–water partition coefficient (Wildman–Crippen LogP) is 2.60. The standard InChI is InChI=1S/C16H22N2O3S/c19-16(13-6-4-7-13)17-14-8-5-9-15(12-14)22(20,21)18-10-2-1-3-11-18/h5,8-9,12-13H,1-4,6-7,10-11H2,(H,17,19). The van der Waals surface area contributed by atoms with Gasteiger partial charge in [0.1, 0.15) is 0 Å². The number of hydrogen-bond donors (Lipinski definition) is 1. The van der Waals surface area contributed by atoms with E-state index >= 15 is 0 Å². The Morgan fingerprint density at radius 3 is 2.45 bits per heavy atom. The highest BCUT2D eigenvalue weighted by Crippen LogP contribution is 2.28. The lowest BCUT2D eigenvalue weighted by Crippen LogP contribution is -2.35. The molecular weight excluding hydrogens is 300 g/mol. The van der Waals surface area contributed by atoms with Crippen molar-refractivity contribution in [3.05, 3.63) is 24.3 Å². The first-order valence-electron chi connectivity index (χ1n) is 7.98. The fourth-order valence-corrected chi connectivity index (χ4v) is 4.47. The van der Waals surface area contributed by atoms with Crippen molar-refractivity contribution in [2.24, 2.45) is 5.92 Å². The minimum Gasteiger partial charge on any atom is -0.326 e. The molecule has 2 fully saturated rings. The van der Waals surface area contributed by atoms with Gasteiger partial charge in [-0.3, -0.25) is 4.79 Å². The summed E-state index contributed by atoms with van der Waals surface area (Å²) in [6, 6.07) is 6.60. The highest BCUT2D eigenvalue weighted by atomic mass is 32.2. The summed E-state index contributed by atoms with van der Waals surface area (Å²) in [4.78, 5) is 12.3. The van der Waals surface area contributed by atoms with E-state index in [1.807, 2.05) is 0 Å². The normalized spacial score (nSPS) is 20.4. The Labute approximate surface area is 131 Å². The summed E-state index contributed by atoms with van der Waals surface area (Å²) in [5.74, 6) is 0.0844. The molecule has 0 aromatic heterocycles. The van der Waals surface area contributed by atoms with Crippen LogP contribution in [0, 0.1) is 5.92 Å². The largest absolute Gasteiger partial charge is 0.326 e. The van der Waals surface area contributed by atoms with E-state index in [9.17, 15) is 13.2 Å². The zero-order chi connectivity index (χ0) is 15.6. The van der Waals surface area contributed by atoms with Gasteiger partial charge in [0.2, 0.25) is 15.9 Å². The third-order valence-electron chi connectivity index (χ3n) is 4.53. The zero-order valence-electron chi connectivity index (χ0n) is 12.6. The van der Waals surface area contributed by atoms with Gasteiger partial charge >= 0.3 is 0 Å². The summed E-state index contributed by atoms with van der Waals surface area (Å²) in [6.07, 6.45) is 5.87. The van der Waals surface area contributed by atoms with Gasteiger partial charge in [-0.25, -0.2) is 8.42 Å². The number of nitrogens with zero attached hydrogens (tertiary/aromatic N) is 1. The summed E-state index contributed by atoms with van der Waals surface area (Å²) in [7, 11) is -3.45. The second-order valence-corrected chi connectivity index (χ2v) is 8.05. The molecule has 2 aliphatic rings. The Bertz CT molecular complexity index is 647. The number of sulfonamides is 1. The van der Waals surface area contributed by atoms with Gasteiger partial charge in [0, 0.05) is 24.7 Å². The van der Waals surface area contributed by atoms with Crippen LogP contribution in [0.3, 0.4) is 0 Å². The number of amides is 1. The summed E-state index contributed by atoms with van der Waals surface area (Å²) in [5, 5.41) is 2.84. The number of anilines is 1. The SMILES string of the molecule is O=C(Nc1cccc(S(=O)(=O)N2CCCCC2)c1)C1CCC1. The second-order valence-electron chi connectivity index (χ2n) is 6.11. The monoisotopic (exact) mass is 322 g/mol. The molecule has 1 heterocycles. The molecule has 1 aromatic rings.